The zero-order valence-corrected chi connectivity index (χ0v) is 26.5. The second-order valence-corrected chi connectivity index (χ2v) is 12.3. The lowest BCUT2D eigenvalue weighted by Gasteiger charge is -2.35. The van der Waals surface area contributed by atoms with Gasteiger partial charge in [-0.15, -0.1) is 0 Å². The van der Waals surface area contributed by atoms with E-state index in [-0.39, 0.29) is 18.0 Å². The molecule has 11 heteroatoms. The fourth-order valence-electron chi connectivity index (χ4n) is 5.23. The molecule has 0 radical (unpaired) electrons. The minimum Gasteiger partial charge on any atom is -0.349 e. The number of carbonyl (C=O) groups is 1. The summed E-state index contributed by atoms with van der Waals surface area (Å²) in [4.78, 5) is 30.2. The Morgan fingerprint density at radius 1 is 1.02 bits per heavy atom. The van der Waals surface area contributed by atoms with Crippen molar-refractivity contribution < 1.29 is 9.72 Å². The van der Waals surface area contributed by atoms with Crippen LogP contribution in [-0.2, 0) is 24.3 Å². The molecule has 2 N–H and O–H groups in total. The van der Waals surface area contributed by atoms with E-state index in [0.717, 1.165) is 33.3 Å². The lowest BCUT2D eigenvalue weighted by molar-refractivity contribution is -0.384. The maximum absolute atomic E-state index is 13.4. The van der Waals surface area contributed by atoms with Crippen LogP contribution in [0.25, 0.3) is 10.8 Å². The van der Waals surface area contributed by atoms with Crippen LogP contribution in [0.4, 0.5) is 11.4 Å². The van der Waals surface area contributed by atoms with Crippen LogP contribution in [-0.4, -0.2) is 42.5 Å². The second-order valence-electron chi connectivity index (χ2n) is 11.5. The highest BCUT2D eigenvalue weighted by molar-refractivity contribution is 7.80. The molecule has 0 aliphatic rings. The molecule has 0 aliphatic heterocycles. The molecule has 0 aliphatic carbocycles. The van der Waals surface area contributed by atoms with E-state index >= 15 is 0 Å². The maximum Gasteiger partial charge on any atom is 0.269 e. The molecule has 0 unspecified atom stereocenters. The Hall–Kier alpha value is -4.80. The quantitative estimate of drug-likeness (QED) is 0.0911. The minimum atomic E-state index is -0.656. The van der Waals surface area contributed by atoms with Gasteiger partial charge in [0.1, 0.15) is 0 Å². The Labute approximate surface area is 272 Å². The first kappa shape index (κ1) is 31.6. The van der Waals surface area contributed by atoms with E-state index in [1.807, 2.05) is 48.7 Å². The Bertz CT molecular complexity index is 1820. The molecule has 1 amide bonds. The normalized spacial score (nSPS) is 11.3. The molecule has 0 saturated carbocycles. The average Bonchev–Trinajstić information content (AvgIpc) is 3.43. The summed E-state index contributed by atoms with van der Waals surface area (Å²) in [7, 11) is 0. The topological polar surface area (TPSA) is 105 Å². The van der Waals surface area contributed by atoms with Crippen LogP contribution >= 0.6 is 23.8 Å². The molecule has 5 aromatic rings. The van der Waals surface area contributed by atoms with Gasteiger partial charge in [-0.3, -0.25) is 14.9 Å². The fourth-order valence-corrected chi connectivity index (χ4v) is 5.60. The van der Waals surface area contributed by atoms with Crippen LogP contribution in [0, 0.1) is 10.1 Å². The first-order valence-corrected chi connectivity index (χ1v) is 15.2. The monoisotopic (exact) mass is 640 g/mol. The van der Waals surface area contributed by atoms with Gasteiger partial charge in [0.25, 0.3) is 5.69 Å². The SMILES string of the molecule is CC(C)(CN(Cc1cccc2ccccc12)C(=S)Nc1ccc(Cl)cc1)NC(=O)Cc1cncn1Cc1ccc([N+](=O)[O-])cc1. The van der Waals surface area contributed by atoms with Gasteiger partial charge in [0.2, 0.25) is 5.91 Å². The number of hydrogen-bond acceptors (Lipinski definition) is 5. The Morgan fingerprint density at radius 3 is 2.47 bits per heavy atom. The standard InChI is InChI=1S/C34H33ClN6O3S/c1-34(2,38-32(42)18-30-19-36-23-40(30)20-24-10-16-29(17-11-24)41(43)44)22-39(33(45)37-28-14-12-27(35)13-15-28)21-26-8-5-7-25-6-3-4-9-31(25)26/h3-17,19,23H,18,20-22H2,1-2H3,(H,37,45)(H,38,42). The van der Waals surface area contributed by atoms with Crippen molar-refractivity contribution >= 4 is 57.0 Å². The smallest absolute Gasteiger partial charge is 0.269 e. The summed E-state index contributed by atoms with van der Waals surface area (Å²) < 4.78 is 1.87. The molecule has 0 spiro atoms. The van der Waals surface area contributed by atoms with Crippen LogP contribution in [0.2, 0.25) is 5.02 Å². The molecule has 230 valence electrons. The number of thiocarbonyl (C=S) groups is 1. The van der Waals surface area contributed by atoms with E-state index in [0.29, 0.717) is 29.8 Å². The molecular weight excluding hydrogens is 608 g/mol. The highest BCUT2D eigenvalue weighted by Gasteiger charge is 2.26. The predicted molar refractivity (Wildman–Crippen MR) is 182 cm³/mol. The number of amides is 1. The third kappa shape index (κ3) is 8.43. The Morgan fingerprint density at radius 2 is 1.73 bits per heavy atom. The molecule has 1 aromatic heterocycles. The zero-order valence-electron chi connectivity index (χ0n) is 24.9. The van der Waals surface area contributed by atoms with Crippen molar-refractivity contribution in [3.05, 3.63) is 135 Å². The maximum atomic E-state index is 13.4. The van der Waals surface area contributed by atoms with Gasteiger partial charge in [-0.1, -0.05) is 66.2 Å². The first-order valence-electron chi connectivity index (χ1n) is 14.4. The second kappa shape index (κ2) is 13.9. The number of nitrogens with zero attached hydrogens (tertiary/aromatic N) is 4. The van der Waals surface area contributed by atoms with E-state index in [9.17, 15) is 14.9 Å². The highest BCUT2D eigenvalue weighted by atomic mass is 35.5. The minimum absolute atomic E-state index is 0.0311. The van der Waals surface area contributed by atoms with Crippen LogP contribution in [0.1, 0.15) is 30.7 Å². The number of hydrogen-bond donors (Lipinski definition) is 2. The van der Waals surface area contributed by atoms with Gasteiger partial charge in [-0.2, -0.15) is 0 Å². The molecule has 9 nitrogen and oxygen atoms in total. The van der Waals surface area contributed by atoms with Crippen molar-refractivity contribution in [2.75, 3.05) is 11.9 Å². The van der Waals surface area contributed by atoms with E-state index in [1.165, 1.54) is 12.1 Å². The average molecular weight is 641 g/mol. The summed E-state index contributed by atoms with van der Waals surface area (Å²) in [6.45, 7) is 5.35. The zero-order chi connectivity index (χ0) is 32.0. The van der Waals surface area contributed by atoms with Gasteiger partial charge in [0, 0.05) is 54.4 Å². The molecule has 45 heavy (non-hydrogen) atoms. The molecule has 0 atom stereocenters. The van der Waals surface area contributed by atoms with E-state index in [2.05, 4.69) is 44.8 Å². The van der Waals surface area contributed by atoms with E-state index in [4.69, 9.17) is 23.8 Å². The van der Waals surface area contributed by atoms with Crippen LogP contribution in [0.5, 0.6) is 0 Å². The number of aromatic nitrogens is 2. The van der Waals surface area contributed by atoms with Crippen molar-refractivity contribution in [1.82, 2.24) is 19.8 Å². The van der Waals surface area contributed by atoms with Crippen LogP contribution in [0.3, 0.4) is 0 Å². The van der Waals surface area contributed by atoms with Crippen molar-refractivity contribution in [3.8, 4) is 0 Å². The third-order valence-corrected chi connectivity index (χ3v) is 7.94. The number of rotatable bonds is 11. The first-order chi connectivity index (χ1) is 21.6. The number of imidazole rings is 1. The molecule has 1 heterocycles. The molecular formula is C34H33ClN6O3S. The lowest BCUT2D eigenvalue weighted by atomic mass is 10.0. The number of nitrogens with one attached hydrogen (secondary N) is 2. The van der Waals surface area contributed by atoms with Gasteiger partial charge in [0.05, 0.1) is 23.2 Å². The van der Waals surface area contributed by atoms with Gasteiger partial charge in [-0.05, 0) is 72.2 Å². The number of non-ortho nitro benzene ring substituents is 1. The summed E-state index contributed by atoms with van der Waals surface area (Å²) in [5, 5.41) is 20.9. The summed E-state index contributed by atoms with van der Waals surface area (Å²) in [5.74, 6) is -0.160. The number of carbonyl (C=O) groups excluding carboxylic acids is 1. The summed E-state index contributed by atoms with van der Waals surface area (Å²) >= 11 is 12.0. The van der Waals surface area contributed by atoms with Gasteiger partial charge < -0.3 is 20.1 Å². The number of nitro groups is 1. The van der Waals surface area contributed by atoms with E-state index in [1.54, 1.807) is 36.8 Å². The highest BCUT2D eigenvalue weighted by Crippen LogP contribution is 2.23. The Kier molecular flexibility index (Phi) is 9.75. The van der Waals surface area contributed by atoms with Crippen LogP contribution in [0.15, 0.2) is 104 Å². The number of anilines is 1. The van der Waals surface area contributed by atoms with Gasteiger partial charge >= 0.3 is 0 Å². The molecule has 4 aromatic carbocycles. The fraction of sp³-hybridized carbons (Fsp3) is 0.206. The number of benzene rings is 4. The van der Waals surface area contributed by atoms with Crippen molar-refractivity contribution in [1.29, 1.82) is 0 Å². The lowest BCUT2D eigenvalue weighted by Crippen LogP contribution is -2.53. The summed E-state index contributed by atoms with van der Waals surface area (Å²) in [6, 6.07) is 28.2. The van der Waals surface area contributed by atoms with Crippen molar-refractivity contribution in [3.63, 3.8) is 0 Å². The van der Waals surface area contributed by atoms with Crippen molar-refractivity contribution in [2.45, 2.75) is 38.9 Å². The van der Waals surface area contributed by atoms with E-state index < -0.39 is 10.5 Å². The van der Waals surface area contributed by atoms with Gasteiger partial charge in [-0.25, -0.2) is 4.98 Å². The van der Waals surface area contributed by atoms with Crippen molar-refractivity contribution in [2.24, 2.45) is 0 Å². The third-order valence-electron chi connectivity index (χ3n) is 7.33. The molecule has 5 rings (SSSR count). The number of halogens is 1. The number of fused-ring (bicyclic) bond motifs is 1. The predicted octanol–water partition coefficient (Wildman–Crippen LogP) is 6.98. The molecule has 0 bridgehead atoms. The molecule has 0 fully saturated rings. The van der Waals surface area contributed by atoms with Crippen LogP contribution < -0.4 is 10.6 Å². The Balaban J connectivity index is 1.29. The number of nitro benzene ring substituents is 1. The molecule has 0 saturated heterocycles. The largest absolute Gasteiger partial charge is 0.349 e. The summed E-state index contributed by atoms with van der Waals surface area (Å²) in [5.41, 5.74) is 2.90. The summed E-state index contributed by atoms with van der Waals surface area (Å²) in [6.07, 6.45) is 3.44. The van der Waals surface area contributed by atoms with Gasteiger partial charge in [0.15, 0.2) is 5.11 Å².